The van der Waals surface area contributed by atoms with Crippen LogP contribution in [0.3, 0.4) is 0 Å². The topological polar surface area (TPSA) is 3.24 Å². The number of aryl methyl sites for hydroxylation is 1. The monoisotopic (exact) mass is 353 g/mol. The van der Waals surface area contributed by atoms with Crippen LogP contribution in [0.4, 0.5) is 0 Å². The highest BCUT2D eigenvalue weighted by Crippen LogP contribution is 2.58. The van der Waals surface area contributed by atoms with E-state index in [2.05, 4.69) is 69.5 Å². The average Bonchev–Trinajstić information content (AvgIpc) is 3.47. The van der Waals surface area contributed by atoms with Gasteiger partial charge in [-0.15, -0.1) is 6.58 Å². The molecule has 144 valence electrons. The number of nitrogens with zero attached hydrogens (tertiary/aromatic N) is 1. The Hall–Kier alpha value is -1.08. The van der Waals surface area contributed by atoms with Crippen molar-refractivity contribution in [3.8, 4) is 0 Å². The highest BCUT2D eigenvalue weighted by Gasteiger charge is 2.56. The van der Waals surface area contributed by atoms with Gasteiger partial charge in [0.25, 0.3) is 0 Å². The van der Waals surface area contributed by atoms with Crippen LogP contribution in [0.15, 0.2) is 36.9 Å². The Morgan fingerprint density at radius 3 is 2.50 bits per heavy atom. The normalized spacial score (nSPS) is 32.5. The lowest BCUT2D eigenvalue weighted by molar-refractivity contribution is -0.0642. The number of piperidine rings is 1. The molecule has 26 heavy (non-hydrogen) atoms. The molecular formula is C25H39N. The lowest BCUT2D eigenvalue weighted by Crippen LogP contribution is -2.63. The van der Waals surface area contributed by atoms with E-state index in [0.717, 1.165) is 12.3 Å². The van der Waals surface area contributed by atoms with Gasteiger partial charge in [0, 0.05) is 18.0 Å². The summed E-state index contributed by atoms with van der Waals surface area (Å²) in [7, 11) is 0. The van der Waals surface area contributed by atoms with Gasteiger partial charge in [-0.2, -0.15) is 0 Å². The second kappa shape index (κ2) is 7.89. The molecule has 1 aliphatic heterocycles. The molecule has 0 N–H and O–H groups in total. The van der Waals surface area contributed by atoms with Crippen LogP contribution in [0.5, 0.6) is 0 Å². The van der Waals surface area contributed by atoms with Crippen molar-refractivity contribution in [1.82, 2.24) is 4.90 Å². The van der Waals surface area contributed by atoms with E-state index in [1.807, 2.05) is 0 Å². The van der Waals surface area contributed by atoms with Gasteiger partial charge in [-0.05, 0) is 87.8 Å². The van der Waals surface area contributed by atoms with E-state index in [1.54, 1.807) is 5.56 Å². The molecule has 1 nitrogen and oxygen atoms in total. The maximum atomic E-state index is 4.06. The molecule has 1 aromatic carbocycles. The molecule has 3 rings (SSSR count). The summed E-state index contributed by atoms with van der Waals surface area (Å²) in [5.41, 5.74) is 3.71. The molecule has 1 saturated heterocycles. The Morgan fingerprint density at radius 1 is 1.19 bits per heavy atom. The van der Waals surface area contributed by atoms with E-state index in [1.165, 1.54) is 57.2 Å². The first kappa shape index (κ1) is 19.7. The third kappa shape index (κ3) is 3.17. The molecule has 2 fully saturated rings. The molecule has 3 unspecified atom stereocenters. The fourth-order valence-corrected chi connectivity index (χ4v) is 6.26. The Bertz CT molecular complexity index is 616. The van der Waals surface area contributed by atoms with E-state index in [-0.39, 0.29) is 5.41 Å². The summed E-state index contributed by atoms with van der Waals surface area (Å²) >= 11 is 0. The van der Waals surface area contributed by atoms with Gasteiger partial charge >= 0.3 is 0 Å². The van der Waals surface area contributed by atoms with Crippen molar-refractivity contribution in [3.63, 3.8) is 0 Å². The zero-order chi connectivity index (χ0) is 18.8. The molecule has 1 aromatic rings. The molecule has 1 aliphatic carbocycles. The van der Waals surface area contributed by atoms with Gasteiger partial charge < -0.3 is 0 Å². The number of likely N-dealkylation sites (tertiary alicyclic amines) is 1. The highest BCUT2D eigenvalue weighted by atomic mass is 15.2. The van der Waals surface area contributed by atoms with Gasteiger partial charge in [-0.1, -0.05) is 44.2 Å². The van der Waals surface area contributed by atoms with Crippen molar-refractivity contribution in [2.45, 2.75) is 84.1 Å². The second-order valence-corrected chi connectivity index (χ2v) is 8.95. The lowest BCUT2D eigenvalue weighted by Gasteiger charge is -2.61. The average molecular weight is 354 g/mol. The van der Waals surface area contributed by atoms with Crippen LogP contribution in [0, 0.1) is 18.3 Å². The summed E-state index contributed by atoms with van der Waals surface area (Å²) in [5, 5.41) is 0. The van der Waals surface area contributed by atoms with Gasteiger partial charge in [0.1, 0.15) is 0 Å². The van der Waals surface area contributed by atoms with E-state index < -0.39 is 0 Å². The summed E-state index contributed by atoms with van der Waals surface area (Å²) in [4.78, 5) is 2.84. The third-order valence-electron chi connectivity index (χ3n) is 8.01. The zero-order valence-electron chi connectivity index (χ0n) is 17.6. The first-order valence-corrected chi connectivity index (χ1v) is 11.0. The van der Waals surface area contributed by atoms with Crippen molar-refractivity contribution in [1.29, 1.82) is 0 Å². The van der Waals surface area contributed by atoms with E-state index in [9.17, 15) is 0 Å². The first-order valence-electron chi connectivity index (χ1n) is 11.0. The minimum Gasteiger partial charge on any atom is -0.300 e. The molecule has 0 bridgehead atoms. The molecule has 0 aromatic heterocycles. The van der Waals surface area contributed by atoms with Crippen LogP contribution >= 0.6 is 0 Å². The van der Waals surface area contributed by atoms with Gasteiger partial charge in [-0.25, -0.2) is 0 Å². The molecule has 1 heterocycles. The Balaban J connectivity index is 2.08. The molecule has 3 atom stereocenters. The Morgan fingerprint density at radius 2 is 1.92 bits per heavy atom. The first-order chi connectivity index (χ1) is 12.5. The molecule has 2 aliphatic rings. The van der Waals surface area contributed by atoms with Crippen LogP contribution in [0.25, 0.3) is 0 Å². The maximum Gasteiger partial charge on any atom is 0.0132 e. The van der Waals surface area contributed by atoms with E-state index >= 15 is 0 Å². The quantitative estimate of drug-likeness (QED) is 0.481. The Kier molecular flexibility index (Phi) is 5.97. The van der Waals surface area contributed by atoms with E-state index in [4.69, 9.17) is 0 Å². The summed E-state index contributed by atoms with van der Waals surface area (Å²) in [5.74, 6) is 0.971. The summed E-state index contributed by atoms with van der Waals surface area (Å²) in [6, 6.07) is 9.85. The van der Waals surface area contributed by atoms with Crippen LogP contribution in [0.1, 0.15) is 76.8 Å². The van der Waals surface area contributed by atoms with Crippen molar-refractivity contribution < 1.29 is 0 Å². The number of rotatable bonds is 8. The van der Waals surface area contributed by atoms with Crippen molar-refractivity contribution >= 4 is 0 Å². The van der Waals surface area contributed by atoms with Gasteiger partial charge in [-0.3, -0.25) is 4.90 Å². The van der Waals surface area contributed by atoms with Crippen LogP contribution in [-0.2, 0) is 5.41 Å². The fourth-order valence-electron chi connectivity index (χ4n) is 6.26. The van der Waals surface area contributed by atoms with Crippen LogP contribution in [-0.4, -0.2) is 24.0 Å². The SMILES string of the molecule is C=CCCC1(CC)C(C)N(CC2CC2)CCC1(CC)c1ccccc1C. The number of hydrogen-bond donors (Lipinski definition) is 0. The minimum absolute atomic E-state index is 0.287. The zero-order valence-corrected chi connectivity index (χ0v) is 17.6. The third-order valence-corrected chi connectivity index (χ3v) is 8.01. The number of allylic oxidation sites excluding steroid dienone is 1. The summed E-state index contributed by atoms with van der Waals surface area (Å²) < 4.78 is 0. The molecular weight excluding hydrogens is 314 g/mol. The summed E-state index contributed by atoms with van der Waals surface area (Å²) in [6.45, 7) is 16.4. The van der Waals surface area contributed by atoms with Crippen LogP contribution < -0.4 is 0 Å². The summed E-state index contributed by atoms with van der Waals surface area (Å²) in [6.07, 6.45) is 11.2. The van der Waals surface area contributed by atoms with Crippen LogP contribution in [0.2, 0.25) is 0 Å². The maximum absolute atomic E-state index is 4.06. The Labute approximate surface area is 161 Å². The smallest absolute Gasteiger partial charge is 0.0132 e. The van der Waals surface area contributed by atoms with Crippen molar-refractivity contribution in [3.05, 3.63) is 48.0 Å². The fraction of sp³-hybridized carbons (Fsp3) is 0.680. The van der Waals surface area contributed by atoms with Gasteiger partial charge in [0.2, 0.25) is 0 Å². The number of hydrogen-bond acceptors (Lipinski definition) is 1. The number of benzene rings is 1. The molecule has 0 amide bonds. The second-order valence-electron chi connectivity index (χ2n) is 8.95. The van der Waals surface area contributed by atoms with E-state index in [0.29, 0.717) is 11.5 Å². The van der Waals surface area contributed by atoms with Gasteiger partial charge in [0.15, 0.2) is 0 Å². The van der Waals surface area contributed by atoms with Crippen molar-refractivity contribution in [2.75, 3.05) is 13.1 Å². The standard InChI is InChI=1S/C25H39N/c1-6-9-16-24(7-2)21(5)26(19-22-14-15-22)18-17-25(24,8-3)23-13-11-10-12-20(23)4/h6,10-13,21-22H,1,7-9,14-19H2,2-5H3. The van der Waals surface area contributed by atoms with Gasteiger partial charge in [0.05, 0.1) is 0 Å². The molecule has 1 saturated carbocycles. The molecule has 1 heteroatoms. The lowest BCUT2D eigenvalue weighted by atomic mass is 9.49. The van der Waals surface area contributed by atoms with Crippen molar-refractivity contribution in [2.24, 2.45) is 11.3 Å². The predicted octanol–water partition coefficient (Wildman–Crippen LogP) is 6.51. The molecule has 0 radical (unpaired) electrons. The highest BCUT2D eigenvalue weighted by molar-refractivity contribution is 5.37. The minimum atomic E-state index is 0.287. The predicted molar refractivity (Wildman–Crippen MR) is 114 cm³/mol. The molecule has 0 spiro atoms. The largest absolute Gasteiger partial charge is 0.300 e.